The van der Waals surface area contributed by atoms with E-state index >= 15 is 0 Å². The molecule has 0 spiro atoms. The van der Waals surface area contributed by atoms with E-state index in [0.717, 1.165) is 0 Å². The van der Waals surface area contributed by atoms with E-state index in [2.05, 4.69) is 0 Å². The van der Waals surface area contributed by atoms with Crippen molar-refractivity contribution < 1.29 is 17.9 Å². The third kappa shape index (κ3) is 2.68. The van der Waals surface area contributed by atoms with Gasteiger partial charge in [0.1, 0.15) is 11.3 Å². The Morgan fingerprint density at radius 3 is 2.31 bits per heavy atom. The van der Waals surface area contributed by atoms with Gasteiger partial charge in [-0.25, -0.2) is 0 Å². The number of alkyl halides is 3. The lowest BCUT2D eigenvalue weighted by atomic mass is 9.96. The minimum atomic E-state index is -4.39. The van der Waals surface area contributed by atoms with Crippen molar-refractivity contribution in [3.05, 3.63) is 35.2 Å². The zero-order valence-electron chi connectivity index (χ0n) is 9.48. The first-order chi connectivity index (χ1) is 7.38. The number of hydrogen-bond donors (Lipinski definition) is 0. The highest BCUT2D eigenvalue weighted by Crippen LogP contribution is 2.40. The third-order valence-electron chi connectivity index (χ3n) is 2.15. The minimum absolute atomic E-state index is 0.103. The molecule has 1 rings (SSSR count). The second-order valence-corrected chi connectivity index (χ2v) is 3.61. The van der Waals surface area contributed by atoms with Crippen LogP contribution in [0.25, 0.3) is 0 Å². The van der Waals surface area contributed by atoms with Gasteiger partial charge in [-0.2, -0.15) is 13.2 Å². The van der Waals surface area contributed by atoms with Crippen LogP contribution in [0.1, 0.15) is 31.9 Å². The fourth-order valence-corrected chi connectivity index (χ4v) is 1.52. The van der Waals surface area contributed by atoms with E-state index in [1.807, 2.05) is 0 Å². The molecule has 4 heteroatoms. The predicted molar refractivity (Wildman–Crippen MR) is 56.3 cm³/mol. The number of rotatable bonds is 3. The molecule has 0 heterocycles. The molecule has 0 aliphatic carbocycles. The molecule has 0 aliphatic heterocycles. The Hall–Kier alpha value is -1.19. The van der Waals surface area contributed by atoms with Crippen molar-refractivity contribution in [2.45, 2.75) is 26.9 Å². The van der Waals surface area contributed by atoms with Crippen LogP contribution >= 0.6 is 0 Å². The molecule has 1 aromatic rings. The normalized spacial score (nSPS) is 11.9. The van der Waals surface area contributed by atoms with E-state index in [1.165, 1.54) is 12.1 Å². The van der Waals surface area contributed by atoms with Gasteiger partial charge in [0.15, 0.2) is 0 Å². The molecule has 1 nitrogen and oxygen atoms in total. The van der Waals surface area contributed by atoms with Crippen molar-refractivity contribution in [3.63, 3.8) is 0 Å². The molecule has 0 aromatic heterocycles. The number of benzene rings is 1. The second kappa shape index (κ2) is 4.76. The van der Waals surface area contributed by atoms with Crippen LogP contribution in [-0.2, 0) is 6.18 Å². The summed E-state index contributed by atoms with van der Waals surface area (Å²) in [5.74, 6) is 0.516. The summed E-state index contributed by atoms with van der Waals surface area (Å²) < 4.78 is 43.7. The fraction of sp³-hybridized carbons (Fsp3) is 0.417. The van der Waals surface area contributed by atoms with E-state index in [9.17, 15) is 13.2 Å². The van der Waals surface area contributed by atoms with Gasteiger partial charge in [0.25, 0.3) is 0 Å². The summed E-state index contributed by atoms with van der Waals surface area (Å²) in [4.78, 5) is 0. The summed E-state index contributed by atoms with van der Waals surface area (Å²) in [6.45, 7) is 5.19. The predicted octanol–water partition coefficient (Wildman–Crippen LogP) is 4.07. The second-order valence-electron chi connectivity index (χ2n) is 3.61. The standard InChI is InChI=1S/C12H14F3O/c1-4-16-10-7-5-6-9(8(2)3)11(10)12(13,14)15/h5-7H,4H2,1-3H3. The van der Waals surface area contributed by atoms with Gasteiger partial charge in [-0.3, -0.25) is 0 Å². The molecule has 0 fully saturated rings. The number of halogens is 3. The van der Waals surface area contributed by atoms with Gasteiger partial charge in [-0.05, 0) is 24.5 Å². The van der Waals surface area contributed by atoms with E-state index in [1.54, 1.807) is 26.8 Å². The number of hydrogen-bond acceptors (Lipinski definition) is 1. The van der Waals surface area contributed by atoms with Crippen LogP contribution in [-0.4, -0.2) is 6.61 Å². The Balaban J connectivity index is 3.35. The van der Waals surface area contributed by atoms with Crippen molar-refractivity contribution in [1.29, 1.82) is 0 Å². The summed E-state index contributed by atoms with van der Waals surface area (Å²) in [6.07, 6.45) is -4.39. The zero-order valence-corrected chi connectivity index (χ0v) is 9.48. The van der Waals surface area contributed by atoms with Crippen LogP contribution in [0.15, 0.2) is 18.2 Å². The Morgan fingerprint density at radius 1 is 1.25 bits per heavy atom. The van der Waals surface area contributed by atoms with Gasteiger partial charge in [-0.15, -0.1) is 0 Å². The van der Waals surface area contributed by atoms with Gasteiger partial charge in [0, 0.05) is 0 Å². The number of ether oxygens (including phenoxy) is 1. The maximum atomic E-state index is 12.9. The Bertz CT molecular complexity index is 356. The molecule has 0 aliphatic rings. The topological polar surface area (TPSA) is 9.23 Å². The molecule has 0 atom stereocenters. The van der Waals surface area contributed by atoms with Crippen LogP contribution in [0.3, 0.4) is 0 Å². The molecule has 1 aromatic carbocycles. The van der Waals surface area contributed by atoms with Crippen molar-refractivity contribution in [2.24, 2.45) is 0 Å². The summed E-state index contributed by atoms with van der Waals surface area (Å²) in [7, 11) is 0. The Labute approximate surface area is 93.2 Å². The highest BCUT2D eigenvalue weighted by Gasteiger charge is 2.37. The van der Waals surface area contributed by atoms with Crippen LogP contribution in [0, 0.1) is 5.92 Å². The minimum Gasteiger partial charge on any atom is -0.493 e. The lowest BCUT2D eigenvalue weighted by molar-refractivity contribution is -0.139. The van der Waals surface area contributed by atoms with Crippen molar-refractivity contribution in [2.75, 3.05) is 6.61 Å². The molecule has 89 valence electrons. The molecule has 0 bridgehead atoms. The molecule has 0 saturated heterocycles. The largest absolute Gasteiger partial charge is 0.493 e. The van der Waals surface area contributed by atoms with Crippen molar-refractivity contribution in [3.8, 4) is 5.75 Å². The summed E-state index contributed by atoms with van der Waals surface area (Å²) in [6, 6.07) is 4.38. The van der Waals surface area contributed by atoms with Crippen molar-refractivity contribution in [1.82, 2.24) is 0 Å². The van der Waals surface area contributed by atoms with Crippen LogP contribution in [0.4, 0.5) is 13.2 Å². The molecular weight excluding hydrogens is 217 g/mol. The first-order valence-corrected chi connectivity index (χ1v) is 5.01. The van der Waals surface area contributed by atoms with Crippen LogP contribution in [0.2, 0.25) is 0 Å². The first-order valence-electron chi connectivity index (χ1n) is 5.01. The molecule has 0 amide bonds. The molecular formula is C12H14F3O. The van der Waals surface area contributed by atoms with Gasteiger partial charge in [-0.1, -0.05) is 26.0 Å². The SMILES string of the molecule is CCOc1cccc([C](C)C)c1C(F)(F)F. The Kier molecular flexibility index (Phi) is 3.83. The monoisotopic (exact) mass is 231 g/mol. The van der Waals surface area contributed by atoms with E-state index in [0.29, 0.717) is 5.92 Å². The lowest BCUT2D eigenvalue weighted by Gasteiger charge is -2.18. The Morgan fingerprint density at radius 2 is 1.88 bits per heavy atom. The maximum absolute atomic E-state index is 12.9. The zero-order chi connectivity index (χ0) is 12.3. The molecule has 0 saturated carbocycles. The summed E-state index contributed by atoms with van der Waals surface area (Å²) in [5.41, 5.74) is -0.490. The van der Waals surface area contributed by atoms with E-state index < -0.39 is 11.7 Å². The summed E-state index contributed by atoms with van der Waals surface area (Å²) in [5, 5.41) is 0. The van der Waals surface area contributed by atoms with Gasteiger partial charge in [0.05, 0.1) is 6.61 Å². The van der Waals surface area contributed by atoms with Gasteiger partial charge in [0.2, 0.25) is 0 Å². The maximum Gasteiger partial charge on any atom is 0.420 e. The van der Waals surface area contributed by atoms with Gasteiger partial charge >= 0.3 is 6.18 Å². The van der Waals surface area contributed by atoms with Crippen molar-refractivity contribution >= 4 is 0 Å². The van der Waals surface area contributed by atoms with E-state index in [4.69, 9.17) is 4.74 Å². The van der Waals surface area contributed by atoms with Crippen LogP contribution < -0.4 is 4.74 Å². The van der Waals surface area contributed by atoms with E-state index in [-0.39, 0.29) is 17.9 Å². The quantitative estimate of drug-likeness (QED) is 0.762. The molecule has 0 unspecified atom stereocenters. The summed E-state index contributed by atoms with van der Waals surface area (Å²) >= 11 is 0. The highest BCUT2D eigenvalue weighted by atomic mass is 19.4. The average Bonchev–Trinajstić information content (AvgIpc) is 2.16. The smallest absolute Gasteiger partial charge is 0.420 e. The first kappa shape index (κ1) is 12.9. The van der Waals surface area contributed by atoms with Crippen LogP contribution in [0.5, 0.6) is 5.75 Å². The van der Waals surface area contributed by atoms with Gasteiger partial charge < -0.3 is 4.74 Å². The lowest BCUT2D eigenvalue weighted by Crippen LogP contribution is -2.13. The molecule has 16 heavy (non-hydrogen) atoms. The highest BCUT2D eigenvalue weighted by molar-refractivity contribution is 5.47. The molecule has 1 radical (unpaired) electrons. The molecule has 0 N–H and O–H groups in total. The third-order valence-corrected chi connectivity index (χ3v) is 2.15. The fourth-order valence-electron chi connectivity index (χ4n) is 1.52. The average molecular weight is 231 g/mol.